The van der Waals surface area contributed by atoms with Crippen molar-refractivity contribution in [2.45, 2.75) is 0 Å². The highest BCUT2D eigenvalue weighted by Crippen LogP contribution is 1.43. The average Bonchev–Trinajstić information content (AvgIpc) is 2.43. The summed E-state index contributed by atoms with van der Waals surface area (Å²) in [5.41, 5.74) is 0. The summed E-state index contributed by atoms with van der Waals surface area (Å²) < 4.78 is 0. The highest BCUT2D eigenvalue weighted by Gasteiger charge is 1.58. The Kier molecular flexibility index (Phi) is 4.74. The lowest BCUT2D eigenvalue weighted by atomic mass is 10.9. The maximum Gasteiger partial charge on any atom is 0.181 e. The number of aromatic nitrogens is 4. The Bertz CT molecular complexity index is 170. The zero-order valence-corrected chi connectivity index (χ0v) is 4.31. The fraction of sp³-hybridized carbons (Fsp3) is 0. The summed E-state index contributed by atoms with van der Waals surface area (Å²) in [6.45, 7) is 0. The molecule has 1 heterocycles. The van der Waals surface area contributed by atoms with E-state index in [4.69, 9.17) is 10.5 Å². The first kappa shape index (κ1) is 7.05. The predicted octanol–water partition coefficient (Wildman–Crippen LogP) is -0.767. The monoisotopic (exact) mass is 122 g/mol. The smallest absolute Gasteiger partial charge is 0.181 e. The number of hydrogen-bond acceptors (Lipinski definition) is 5. The number of nitriles is 2. The third-order valence-electron chi connectivity index (χ3n) is 0.320. The number of nitrogens with zero attached hydrogens (tertiary/aromatic N) is 5. The van der Waals surface area contributed by atoms with Crippen LogP contribution >= 0.6 is 0 Å². The molecule has 0 aliphatic carbocycles. The van der Waals surface area contributed by atoms with Gasteiger partial charge in [-0.25, -0.2) is 5.10 Å². The third-order valence-corrected chi connectivity index (χ3v) is 0.320. The second kappa shape index (κ2) is 6.05. The van der Waals surface area contributed by atoms with Gasteiger partial charge < -0.3 is 0 Å². The summed E-state index contributed by atoms with van der Waals surface area (Å²) in [6.07, 6.45) is 1.40. The second-order valence-electron chi connectivity index (χ2n) is 0.787. The van der Waals surface area contributed by atoms with Gasteiger partial charge in [-0.15, -0.1) is 5.10 Å². The first-order valence-electron chi connectivity index (χ1n) is 1.87. The van der Waals surface area contributed by atoms with Crippen LogP contribution in [0, 0.1) is 22.7 Å². The van der Waals surface area contributed by atoms with E-state index in [2.05, 4.69) is 20.6 Å². The molecule has 1 aromatic heterocycles. The van der Waals surface area contributed by atoms with Gasteiger partial charge in [0, 0.05) is 0 Å². The van der Waals surface area contributed by atoms with Crippen LogP contribution in [0.1, 0.15) is 0 Å². The average molecular weight is 122 g/mol. The van der Waals surface area contributed by atoms with Crippen molar-refractivity contribution in [2.75, 3.05) is 0 Å². The van der Waals surface area contributed by atoms with Crippen molar-refractivity contribution >= 4 is 0 Å². The minimum Gasteiger partial charge on any atom is -0.246 e. The molecule has 0 aromatic carbocycles. The maximum atomic E-state index is 7.26. The van der Waals surface area contributed by atoms with Crippen molar-refractivity contribution in [1.82, 2.24) is 20.6 Å². The van der Waals surface area contributed by atoms with E-state index < -0.39 is 0 Å². The van der Waals surface area contributed by atoms with Crippen LogP contribution < -0.4 is 0 Å². The zero-order chi connectivity index (χ0) is 6.95. The predicted molar refractivity (Wildman–Crippen MR) is 25.4 cm³/mol. The molecule has 1 N–H and O–H groups in total. The van der Waals surface area contributed by atoms with Crippen LogP contribution in [-0.2, 0) is 0 Å². The standard InChI is InChI=1S/C2N2.CH2N4/c3-1-2-4;1-2-4-5-3-1/h;1H,(H,2,3,4,5). The molecule has 6 nitrogen and oxygen atoms in total. The van der Waals surface area contributed by atoms with Crippen LogP contribution in [0.25, 0.3) is 0 Å². The topological polar surface area (TPSA) is 102 Å². The third kappa shape index (κ3) is 6.05. The summed E-state index contributed by atoms with van der Waals surface area (Å²) in [4.78, 5) is 0. The fourth-order valence-corrected chi connectivity index (χ4v) is 0.129. The van der Waals surface area contributed by atoms with Crippen LogP contribution in [0.5, 0.6) is 0 Å². The van der Waals surface area contributed by atoms with Gasteiger partial charge in [0.25, 0.3) is 0 Å². The molecule has 0 spiro atoms. The zero-order valence-electron chi connectivity index (χ0n) is 4.31. The van der Waals surface area contributed by atoms with Crippen LogP contribution in [0.3, 0.4) is 0 Å². The second-order valence-corrected chi connectivity index (χ2v) is 0.787. The number of rotatable bonds is 0. The Morgan fingerprint density at radius 2 is 2.00 bits per heavy atom. The number of hydrogen-bond donors (Lipinski definition) is 1. The van der Waals surface area contributed by atoms with Gasteiger partial charge in [-0.05, 0) is 10.4 Å². The van der Waals surface area contributed by atoms with Crippen molar-refractivity contribution < 1.29 is 0 Å². The Balaban J connectivity index is 0.000000148. The van der Waals surface area contributed by atoms with Gasteiger partial charge in [0.05, 0.1) is 0 Å². The Labute approximate surface area is 50.7 Å². The van der Waals surface area contributed by atoms with Crippen molar-refractivity contribution in [3.8, 4) is 12.1 Å². The van der Waals surface area contributed by atoms with Gasteiger partial charge in [0.2, 0.25) is 0 Å². The van der Waals surface area contributed by atoms with E-state index in [1.165, 1.54) is 18.5 Å². The summed E-state index contributed by atoms with van der Waals surface area (Å²) in [5, 5.41) is 26.6. The highest BCUT2D eigenvalue weighted by molar-refractivity contribution is 4.99. The summed E-state index contributed by atoms with van der Waals surface area (Å²) in [7, 11) is 0. The number of tetrazole rings is 1. The lowest BCUT2D eigenvalue weighted by Crippen LogP contribution is -1.64. The number of aromatic amines is 1. The SMILES string of the molecule is N#CC#N.c1nnn[nH]1. The van der Waals surface area contributed by atoms with Crippen LogP contribution in [0.2, 0.25) is 0 Å². The van der Waals surface area contributed by atoms with E-state index in [1.54, 1.807) is 0 Å². The molecule has 0 saturated carbocycles. The number of H-pyrrole nitrogens is 1. The summed E-state index contributed by atoms with van der Waals surface area (Å²) >= 11 is 0. The molecule has 0 aliphatic rings. The van der Waals surface area contributed by atoms with Gasteiger partial charge in [0.15, 0.2) is 12.1 Å². The Hall–Kier alpha value is -1.95. The van der Waals surface area contributed by atoms with Crippen LogP contribution in [0.15, 0.2) is 6.33 Å². The summed E-state index contributed by atoms with van der Waals surface area (Å²) in [5.74, 6) is 0. The molecule has 0 amide bonds. The highest BCUT2D eigenvalue weighted by atomic mass is 15.5. The van der Waals surface area contributed by atoms with E-state index in [-0.39, 0.29) is 0 Å². The fourth-order valence-electron chi connectivity index (χ4n) is 0.129. The normalized spacial score (nSPS) is 5.56. The van der Waals surface area contributed by atoms with E-state index in [9.17, 15) is 0 Å². The van der Waals surface area contributed by atoms with Gasteiger partial charge in [0.1, 0.15) is 6.33 Å². The van der Waals surface area contributed by atoms with Gasteiger partial charge >= 0.3 is 0 Å². The molecule has 0 fully saturated rings. The minimum absolute atomic E-state index is 1.24. The Morgan fingerprint density at radius 1 is 1.33 bits per heavy atom. The largest absolute Gasteiger partial charge is 0.246 e. The molecule has 0 saturated heterocycles. The maximum absolute atomic E-state index is 7.26. The van der Waals surface area contributed by atoms with Crippen molar-refractivity contribution in [2.24, 2.45) is 0 Å². The molecule has 0 unspecified atom stereocenters. The molecule has 1 rings (SSSR count). The molecule has 0 bridgehead atoms. The van der Waals surface area contributed by atoms with Gasteiger partial charge in [-0.3, -0.25) is 0 Å². The van der Waals surface area contributed by atoms with Crippen molar-refractivity contribution in [1.29, 1.82) is 10.5 Å². The van der Waals surface area contributed by atoms with Crippen molar-refractivity contribution in [3.05, 3.63) is 6.33 Å². The molecule has 9 heavy (non-hydrogen) atoms. The lowest BCUT2D eigenvalue weighted by Gasteiger charge is -1.42. The van der Waals surface area contributed by atoms with E-state index in [0.717, 1.165) is 0 Å². The molecule has 0 radical (unpaired) electrons. The number of nitrogens with one attached hydrogen (secondary N) is 1. The Morgan fingerprint density at radius 3 is 2.11 bits per heavy atom. The van der Waals surface area contributed by atoms with E-state index in [1.807, 2.05) is 0 Å². The minimum atomic E-state index is 1.24. The van der Waals surface area contributed by atoms with E-state index >= 15 is 0 Å². The molecule has 0 aliphatic heterocycles. The van der Waals surface area contributed by atoms with Crippen molar-refractivity contribution in [3.63, 3.8) is 0 Å². The lowest BCUT2D eigenvalue weighted by molar-refractivity contribution is 0.881. The van der Waals surface area contributed by atoms with Gasteiger partial charge in [-0.1, -0.05) is 0 Å². The first-order valence-corrected chi connectivity index (χ1v) is 1.87. The molecule has 1 aromatic rings. The first-order chi connectivity index (χ1) is 4.41. The molecular formula is C3H2N6. The molecule has 0 atom stereocenters. The molecular weight excluding hydrogens is 120 g/mol. The molecule has 6 heteroatoms. The quantitative estimate of drug-likeness (QED) is 0.486. The summed E-state index contributed by atoms with van der Waals surface area (Å²) in [6, 6.07) is 2.47. The molecule has 44 valence electrons. The van der Waals surface area contributed by atoms with Crippen LogP contribution in [0.4, 0.5) is 0 Å². The van der Waals surface area contributed by atoms with Crippen LogP contribution in [-0.4, -0.2) is 20.6 Å². The van der Waals surface area contributed by atoms with Gasteiger partial charge in [-0.2, -0.15) is 10.5 Å². The van der Waals surface area contributed by atoms with E-state index in [0.29, 0.717) is 0 Å².